The van der Waals surface area contributed by atoms with Crippen molar-refractivity contribution in [1.82, 2.24) is 16.0 Å². The first kappa shape index (κ1) is 66.3. The second-order valence-corrected chi connectivity index (χ2v) is 20.5. The van der Waals surface area contributed by atoms with Crippen molar-refractivity contribution in [3.8, 4) is 5.75 Å². The topological polar surface area (TPSA) is 186 Å². The summed E-state index contributed by atoms with van der Waals surface area (Å²) in [6, 6.07) is 3.91. The normalized spacial score (nSPS) is 12.9. The number of benzene rings is 1. The number of phenolic OH excluding ortho intramolecular Hbond substituents is 1. The van der Waals surface area contributed by atoms with Crippen LogP contribution in [0.4, 0.5) is 5.69 Å². The molecule has 0 spiro atoms. The molecular formula is C60H88N4O8S2. The number of phenols is 1. The molecule has 0 saturated heterocycles. The Balaban J connectivity index is 2.38. The molecule has 3 amide bonds. The minimum atomic E-state index is -1.46. The van der Waals surface area contributed by atoms with Crippen molar-refractivity contribution in [2.45, 2.75) is 143 Å². The van der Waals surface area contributed by atoms with Gasteiger partial charge in [0.1, 0.15) is 17.9 Å². The number of aromatic hydroxyl groups is 1. The van der Waals surface area contributed by atoms with Crippen molar-refractivity contribution in [3.05, 3.63) is 145 Å². The van der Waals surface area contributed by atoms with Crippen LogP contribution in [0.1, 0.15) is 147 Å². The molecule has 74 heavy (non-hydrogen) atoms. The Bertz CT molecular complexity index is 2050. The molecule has 0 aliphatic heterocycles. The van der Waals surface area contributed by atoms with Gasteiger partial charge in [0.05, 0.1) is 0 Å². The summed E-state index contributed by atoms with van der Waals surface area (Å²) in [6.07, 6.45) is 54.6. The predicted octanol–water partition coefficient (Wildman–Crippen LogP) is 13.0. The average molecular weight is 1060 g/mol. The van der Waals surface area contributed by atoms with Gasteiger partial charge < -0.3 is 36.3 Å². The number of nitrogens with two attached hydrogens (primary N) is 1. The van der Waals surface area contributed by atoms with Crippen LogP contribution in [-0.4, -0.2) is 78.6 Å². The summed E-state index contributed by atoms with van der Waals surface area (Å²) in [5.41, 5.74) is 4.62. The van der Waals surface area contributed by atoms with Crippen molar-refractivity contribution >= 4 is 56.9 Å². The number of ether oxygens (including phenoxy) is 2. The number of carbonyl (C=O) groups is 5. The summed E-state index contributed by atoms with van der Waals surface area (Å²) in [7, 11) is 3.20. The van der Waals surface area contributed by atoms with Gasteiger partial charge in [-0.25, -0.2) is 4.79 Å². The average Bonchev–Trinajstić information content (AvgIpc) is 3.38. The predicted molar refractivity (Wildman–Crippen MR) is 312 cm³/mol. The van der Waals surface area contributed by atoms with Gasteiger partial charge >= 0.3 is 11.9 Å². The molecule has 408 valence electrons. The minimum absolute atomic E-state index is 0.0271. The first-order chi connectivity index (χ1) is 35.9. The van der Waals surface area contributed by atoms with Crippen molar-refractivity contribution in [2.24, 2.45) is 5.41 Å². The van der Waals surface area contributed by atoms with Gasteiger partial charge in [0, 0.05) is 61.5 Å². The van der Waals surface area contributed by atoms with Crippen molar-refractivity contribution in [3.63, 3.8) is 0 Å². The molecule has 1 aromatic rings. The summed E-state index contributed by atoms with van der Waals surface area (Å²) in [5, 5.41) is 18.8. The van der Waals surface area contributed by atoms with Crippen molar-refractivity contribution in [1.29, 1.82) is 0 Å². The van der Waals surface area contributed by atoms with Crippen LogP contribution in [-0.2, 0) is 28.7 Å². The van der Waals surface area contributed by atoms with E-state index in [1.54, 1.807) is 35.4 Å². The third kappa shape index (κ3) is 37.9. The number of anilines is 1. The Labute approximate surface area is 452 Å². The zero-order chi connectivity index (χ0) is 54.2. The van der Waals surface area contributed by atoms with Crippen LogP contribution in [0, 0.1) is 5.41 Å². The summed E-state index contributed by atoms with van der Waals surface area (Å²) >= 11 is 0. The molecule has 0 fully saturated rings. The monoisotopic (exact) mass is 1060 g/mol. The van der Waals surface area contributed by atoms with Crippen LogP contribution in [0.15, 0.2) is 140 Å². The van der Waals surface area contributed by atoms with Crippen LogP contribution in [0.3, 0.4) is 0 Å². The SMILES string of the molecule is CC/C=C\C/C=C\C/C=C\C/C=C\C/C=C\CCCC(=O)NCCSSCCNC(=O)CCNC(=O)[C@H](OC(=O)c1cc(N)ccc1O)C(C)(C)COC(=O)CCC/C=C/C/C=C\C/C=C\C/C=C\C/C=C\CC. The van der Waals surface area contributed by atoms with Gasteiger partial charge in [-0.15, -0.1) is 0 Å². The molecule has 0 unspecified atom stereocenters. The number of hydrogen-bond acceptors (Lipinski definition) is 11. The summed E-state index contributed by atoms with van der Waals surface area (Å²) in [4.78, 5) is 64.4. The van der Waals surface area contributed by atoms with E-state index in [4.69, 9.17) is 15.2 Å². The van der Waals surface area contributed by atoms with Gasteiger partial charge in [-0.3, -0.25) is 19.2 Å². The molecule has 0 heterocycles. The number of nitrogen functional groups attached to an aromatic ring is 1. The lowest BCUT2D eigenvalue weighted by molar-refractivity contribution is -0.153. The highest BCUT2D eigenvalue weighted by molar-refractivity contribution is 8.76. The molecule has 12 nitrogen and oxygen atoms in total. The van der Waals surface area contributed by atoms with Crippen LogP contribution in [0.25, 0.3) is 0 Å². The van der Waals surface area contributed by atoms with Gasteiger partial charge in [-0.1, -0.05) is 171 Å². The molecule has 1 aromatic carbocycles. The highest BCUT2D eigenvalue weighted by atomic mass is 33.1. The largest absolute Gasteiger partial charge is 0.507 e. The van der Waals surface area contributed by atoms with E-state index in [1.807, 2.05) is 6.08 Å². The molecule has 14 heteroatoms. The van der Waals surface area contributed by atoms with Gasteiger partial charge in [0.15, 0.2) is 6.10 Å². The van der Waals surface area contributed by atoms with Gasteiger partial charge in [-0.2, -0.15) is 0 Å². The fourth-order valence-electron chi connectivity index (χ4n) is 6.50. The second kappa shape index (κ2) is 45.9. The van der Waals surface area contributed by atoms with Crippen LogP contribution in [0.2, 0.25) is 0 Å². The van der Waals surface area contributed by atoms with E-state index in [0.717, 1.165) is 82.8 Å². The zero-order valence-corrected chi connectivity index (χ0v) is 46.5. The lowest BCUT2D eigenvalue weighted by Crippen LogP contribution is -2.49. The highest BCUT2D eigenvalue weighted by Gasteiger charge is 2.40. The van der Waals surface area contributed by atoms with Crippen LogP contribution < -0.4 is 21.7 Å². The van der Waals surface area contributed by atoms with Crippen LogP contribution in [0.5, 0.6) is 5.75 Å². The summed E-state index contributed by atoms with van der Waals surface area (Å²) < 4.78 is 11.2. The molecule has 1 rings (SSSR count). The smallest absolute Gasteiger partial charge is 0.342 e. The van der Waals surface area contributed by atoms with E-state index < -0.39 is 29.4 Å². The summed E-state index contributed by atoms with van der Waals surface area (Å²) in [5.74, 6) is -1.37. The number of rotatable bonds is 42. The Hall–Kier alpha value is -5.73. The van der Waals surface area contributed by atoms with Crippen molar-refractivity contribution < 1.29 is 38.6 Å². The van der Waals surface area contributed by atoms with E-state index in [9.17, 15) is 29.1 Å². The molecule has 0 saturated carbocycles. The quantitative estimate of drug-likeness (QED) is 0.0105. The Morgan fingerprint density at radius 1 is 0.581 bits per heavy atom. The number of carbonyl (C=O) groups excluding carboxylic acids is 5. The summed E-state index contributed by atoms with van der Waals surface area (Å²) in [6.45, 7) is 8.21. The highest BCUT2D eigenvalue weighted by Crippen LogP contribution is 2.28. The maximum absolute atomic E-state index is 13.6. The number of esters is 2. The number of allylic oxidation sites excluding steroid dienone is 20. The minimum Gasteiger partial charge on any atom is -0.507 e. The zero-order valence-electron chi connectivity index (χ0n) is 44.8. The third-order valence-corrected chi connectivity index (χ3v) is 13.0. The molecule has 0 radical (unpaired) electrons. The lowest BCUT2D eigenvalue weighted by Gasteiger charge is -2.32. The van der Waals surface area contributed by atoms with E-state index >= 15 is 0 Å². The van der Waals surface area contributed by atoms with Gasteiger partial charge in [0.2, 0.25) is 11.8 Å². The standard InChI is InChI=1S/C60H88N4O8S2/c1-5-7-9-11-13-15-17-19-21-23-25-27-29-31-33-35-37-39-54(66)62-45-47-73-74-48-46-63-55(67)43-44-64-58(69)57(72-59(70)52-49-51(61)41-42-53(52)65)60(3,4)50-71-56(68)40-38-36-34-32-30-28-26-24-22-20-18-16-14-12-10-8-6-2/h7-10,13-16,19-22,25-28,31-34,41-42,49,57,65H,5-6,11-12,17-18,23-24,29-30,35-40,43-48,50,61H2,1-4H3,(H,62,66)(H,63,67)(H,64,69)/b9-7-,10-8-,15-13-,16-14-,21-19-,22-20-,27-25-,28-26-,33-31-,34-32+/t57-/m0/s1. The van der Waals surface area contributed by atoms with Crippen molar-refractivity contribution in [2.75, 3.05) is 43.5 Å². The third-order valence-electron chi connectivity index (χ3n) is 10.6. The Morgan fingerprint density at radius 3 is 1.46 bits per heavy atom. The van der Waals surface area contributed by atoms with E-state index in [1.165, 1.54) is 18.2 Å². The Morgan fingerprint density at radius 2 is 1.00 bits per heavy atom. The first-order valence-corrected chi connectivity index (χ1v) is 28.9. The number of unbranched alkanes of at least 4 members (excludes halogenated alkanes) is 2. The molecule has 1 atom stereocenters. The molecule has 0 aliphatic rings. The van der Waals surface area contributed by atoms with Gasteiger partial charge in [-0.05, 0) is 108 Å². The van der Waals surface area contributed by atoms with E-state index in [-0.39, 0.29) is 54.8 Å². The Kier molecular flexibility index (Phi) is 41.1. The number of nitrogens with one attached hydrogen (secondary N) is 3. The lowest BCUT2D eigenvalue weighted by atomic mass is 9.86. The molecule has 0 bridgehead atoms. The van der Waals surface area contributed by atoms with E-state index in [0.29, 0.717) is 38.1 Å². The maximum Gasteiger partial charge on any atom is 0.342 e. The molecular weight excluding hydrogens is 969 g/mol. The number of amides is 3. The van der Waals surface area contributed by atoms with Crippen LogP contribution >= 0.6 is 21.6 Å². The second-order valence-electron chi connectivity index (χ2n) is 17.8. The van der Waals surface area contributed by atoms with Gasteiger partial charge in [0.25, 0.3) is 5.91 Å². The maximum atomic E-state index is 13.6. The number of hydrogen-bond donors (Lipinski definition) is 5. The molecule has 0 aromatic heterocycles. The fourth-order valence-corrected chi connectivity index (χ4v) is 8.32. The fraction of sp³-hybridized carbons (Fsp3) is 0.483. The first-order valence-electron chi connectivity index (χ1n) is 26.4. The molecule has 6 N–H and O–H groups in total. The molecule has 0 aliphatic carbocycles. The van der Waals surface area contributed by atoms with E-state index in [2.05, 4.69) is 145 Å².